The summed E-state index contributed by atoms with van der Waals surface area (Å²) in [6.07, 6.45) is 0. The second kappa shape index (κ2) is 9.08. The van der Waals surface area contributed by atoms with E-state index in [0.29, 0.717) is 24.0 Å². The second-order valence-electron chi connectivity index (χ2n) is 7.19. The lowest BCUT2D eigenvalue weighted by Crippen LogP contribution is -2.24. The van der Waals surface area contributed by atoms with Gasteiger partial charge in [0.25, 0.3) is 0 Å². The van der Waals surface area contributed by atoms with Crippen molar-refractivity contribution in [2.45, 2.75) is 25.9 Å². The first-order chi connectivity index (χ1) is 13.3. The van der Waals surface area contributed by atoms with E-state index < -0.39 is 5.82 Å². The van der Waals surface area contributed by atoms with Crippen molar-refractivity contribution in [3.05, 3.63) is 93.2 Å². The van der Waals surface area contributed by atoms with Gasteiger partial charge in [0, 0.05) is 9.89 Å². The Kier molecular flexibility index (Phi) is 6.76. The smallest absolute Gasteiger partial charge is 0.165 e. The van der Waals surface area contributed by atoms with Crippen LogP contribution in [0.25, 0.3) is 0 Å². The molecule has 3 aromatic rings. The van der Waals surface area contributed by atoms with Crippen molar-refractivity contribution in [1.82, 2.24) is 0 Å². The van der Waals surface area contributed by atoms with E-state index in [0.717, 1.165) is 15.6 Å². The summed E-state index contributed by atoms with van der Waals surface area (Å²) in [6, 6.07) is 19.8. The summed E-state index contributed by atoms with van der Waals surface area (Å²) in [7, 11) is 0. The zero-order valence-corrected chi connectivity index (χ0v) is 18.1. The summed E-state index contributed by atoms with van der Waals surface area (Å²) < 4.78 is 26.5. The third-order valence-corrected chi connectivity index (χ3v) is 5.61. The topological polar surface area (TPSA) is 18.5 Å². The predicted molar refractivity (Wildman–Crippen MR) is 115 cm³/mol. The van der Waals surface area contributed by atoms with Gasteiger partial charge in [-0.05, 0) is 63.5 Å². The summed E-state index contributed by atoms with van der Waals surface area (Å²) in [4.78, 5) is 0. The maximum atomic E-state index is 14.1. The summed E-state index contributed by atoms with van der Waals surface area (Å²) in [6.45, 7) is 5.09. The Morgan fingerprint density at radius 1 is 1.00 bits per heavy atom. The van der Waals surface area contributed by atoms with Crippen molar-refractivity contribution >= 4 is 27.5 Å². The Morgan fingerprint density at radius 3 is 2.46 bits per heavy atom. The molecule has 0 radical (unpaired) electrons. The van der Waals surface area contributed by atoms with E-state index in [4.69, 9.17) is 21.1 Å². The van der Waals surface area contributed by atoms with Crippen LogP contribution in [-0.2, 0) is 16.8 Å². The van der Waals surface area contributed by atoms with Gasteiger partial charge in [-0.2, -0.15) is 0 Å². The average molecular weight is 464 g/mol. The highest BCUT2D eigenvalue weighted by molar-refractivity contribution is 9.10. The SMILES string of the molecule is CC(C)(COCc1ccc(F)c(Oc2ccccc2)c1)c1ccc(Cl)c(Br)c1. The lowest BCUT2D eigenvalue weighted by molar-refractivity contribution is 0.0823. The molecule has 5 heteroatoms. The van der Waals surface area contributed by atoms with E-state index in [9.17, 15) is 4.39 Å². The van der Waals surface area contributed by atoms with Crippen molar-refractivity contribution < 1.29 is 13.9 Å². The summed E-state index contributed by atoms with van der Waals surface area (Å²) in [5.74, 6) is 0.376. The van der Waals surface area contributed by atoms with Crippen molar-refractivity contribution in [1.29, 1.82) is 0 Å². The predicted octanol–water partition coefficient (Wildman–Crippen LogP) is 7.53. The third kappa shape index (κ3) is 5.34. The maximum Gasteiger partial charge on any atom is 0.165 e. The molecule has 0 aliphatic heterocycles. The van der Waals surface area contributed by atoms with Gasteiger partial charge in [-0.3, -0.25) is 0 Å². The van der Waals surface area contributed by atoms with Crippen LogP contribution in [0.2, 0.25) is 5.02 Å². The minimum atomic E-state index is -0.404. The Morgan fingerprint density at radius 2 is 1.75 bits per heavy atom. The van der Waals surface area contributed by atoms with Crippen LogP contribution in [0.3, 0.4) is 0 Å². The van der Waals surface area contributed by atoms with Crippen LogP contribution in [-0.4, -0.2) is 6.61 Å². The zero-order chi connectivity index (χ0) is 20.1. The summed E-state index contributed by atoms with van der Waals surface area (Å²) in [5, 5.41) is 0.678. The van der Waals surface area contributed by atoms with Gasteiger partial charge in [0.2, 0.25) is 0 Å². The van der Waals surface area contributed by atoms with Crippen LogP contribution in [0.4, 0.5) is 4.39 Å². The van der Waals surface area contributed by atoms with E-state index in [-0.39, 0.29) is 11.2 Å². The minimum Gasteiger partial charge on any atom is -0.454 e. The van der Waals surface area contributed by atoms with Gasteiger partial charge in [0.05, 0.1) is 18.2 Å². The number of hydrogen-bond acceptors (Lipinski definition) is 2. The molecule has 146 valence electrons. The molecule has 0 aliphatic rings. The van der Waals surface area contributed by atoms with Crippen LogP contribution < -0.4 is 4.74 Å². The molecule has 3 rings (SSSR count). The van der Waals surface area contributed by atoms with Gasteiger partial charge in [-0.25, -0.2) is 4.39 Å². The monoisotopic (exact) mass is 462 g/mol. The molecule has 0 N–H and O–H groups in total. The molecule has 0 unspecified atom stereocenters. The molecular weight excluding hydrogens is 443 g/mol. The van der Waals surface area contributed by atoms with Gasteiger partial charge in [0.1, 0.15) is 5.75 Å². The highest BCUT2D eigenvalue weighted by Crippen LogP contribution is 2.31. The van der Waals surface area contributed by atoms with Crippen LogP contribution >= 0.6 is 27.5 Å². The van der Waals surface area contributed by atoms with E-state index in [1.165, 1.54) is 6.07 Å². The maximum absolute atomic E-state index is 14.1. The normalized spacial score (nSPS) is 11.5. The standard InChI is InChI=1S/C23H21BrClFO2/c1-23(2,17-9-10-20(25)19(24)13-17)15-27-14-16-8-11-21(26)22(12-16)28-18-6-4-3-5-7-18/h3-13H,14-15H2,1-2H3. The lowest BCUT2D eigenvalue weighted by Gasteiger charge is -2.25. The zero-order valence-electron chi connectivity index (χ0n) is 15.7. The fourth-order valence-electron chi connectivity index (χ4n) is 2.76. The molecule has 0 aliphatic carbocycles. The van der Waals surface area contributed by atoms with Crippen LogP contribution in [0.15, 0.2) is 71.2 Å². The quantitative estimate of drug-likeness (QED) is 0.360. The Labute approximate surface area is 178 Å². The number of halogens is 3. The van der Waals surface area contributed by atoms with E-state index in [1.807, 2.05) is 36.4 Å². The van der Waals surface area contributed by atoms with E-state index in [2.05, 4.69) is 29.8 Å². The molecule has 0 fully saturated rings. The van der Waals surface area contributed by atoms with Crippen molar-refractivity contribution in [3.8, 4) is 11.5 Å². The molecule has 0 saturated carbocycles. The molecule has 0 bridgehead atoms. The number of para-hydroxylation sites is 1. The number of rotatable bonds is 7. The first-order valence-corrected chi connectivity index (χ1v) is 10.1. The molecule has 0 saturated heterocycles. The van der Waals surface area contributed by atoms with Gasteiger partial charge in [0.15, 0.2) is 11.6 Å². The van der Waals surface area contributed by atoms with Crippen LogP contribution in [0, 0.1) is 5.82 Å². The number of benzene rings is 3. The first kappa shape index (κ1) is 20.8. The third-order valence-electron chi connectivity index (χ3n) is 4.40. The minimum absolute atomic E-state index is 0.188. The molecule has 0 heterocycles. The molecule has 2 nitrogen and oxygen atoms in total. The van der Waals surface area contributed by atoms with Gasteiger partial charge in [-0.1, -0.05) is 55.8 Å². The van der Waals surface area contributed by atoms with Gasteiger partial charge >= 0.3 is 0 Å². The molecular formula is C23H21BrClFO2. The average Bonchev–Trinajstić information content (AvgIpc) is 2.67. The second-order valence-corrected chi connectivity index (χ2v) is 8.45. The number of hydrogen-bond donors (Lipinski definition) is 0. The van der Waals surface area contributed by atoms with Gasteiger partial charge in [-0.15, -0.1) is 0 Å². The Hall–Kier alpha value is -1.88. The highest BCUT2D eigenvalue weighted by Gasteiger charge is 2.22. The summed E-state index contributed by atoms with van der Waals surface area (Å²) in [5.41, 5.74) is 1.77. The van der Waals surface area contributed by atoms with E-state index >= 15 is 0 Å². The Balaban J connectivity index is 1.64. The van der Waals surface area contributed by atoms with Crippen molar-refractivity contribution in [2.24, 2.45) is 0 Å². The molecule has 0 aromatic heterocycles. The van der Waals surface area contributed by atoms with E-state index in [1.54, 1.807) is 24.3 Å². The lowest BCUT2D eigenvalue weighted by atomic mass is 9.86. The summed E-state index contributed by atoms with van der Waals surface area (Å²) >= 11 is 9.54. The van der Waals surface area contributed by atoms with Crippen molar-refractivity contribution in [2.75, 3.05) is 6.61 Å². The van der Waals surface area contributed by atoms with Gasteiger partial charge < -0.3 is 9.47 Å². The van der Waals surface area contributed by atoms with Crippen LogP contribution in [0.5, 0.6) is 11.5 Å². The molecule has 0 amide bonds. The van der Waals surface area contributed by atoms with Crippen LogP contribution in [0.1, 0.15) is 25.0 Å². The highest BCUT2D eigenvalue weighted by atomic mass is 79.9. The first-order valence-electron chi connectivity index (χ1n) is 8.90. The molecule has 28 heavy (non-hydrogen) atoms. The largest absolute Gasteiger partial charge is 0.454 e. The number of ether oxygens (including phenoxy) is 2. The molecule has 3 aromatic carbocycles. The molecule has 0 spiro atoms. The fourth-order valence-corrected chi connectivity index (χ4v) is 3.25. The van der Waals surface area contributed by atoms with Crippen molar-refractivity contribution in [3.63, 3.8) is 0 Å². The molecule has 0 atom stereocenters. The Bertz CT molecular complexity index is 945. The fraction of sp³-hybridized carbons (Fsp3) is 0.217.